The third-order valence-corrected chi connectivity index (χ3v) is 5.23. The third kappa shape index (κ3) is 3.91. The number of aryl methyl sites for hydroxylation is 1. The van der Waals surface area contributed by atoms with Crippen LogP contribution in [0.5, 0.6) is 0 Å². The highest BCUT2D eigenvalue weighted by molar-refractivity contribution is 7.18. The van der Waals surface area contributed by atoms with Gasteiger partial charge in [0.05, 0.1) is 21.6 Å². The maximum Gasteiger partial charge on any atom is 0.255 e. The van der Waals surface area contributed by atoms with Gasteiger partial charge in [-0.15, -0.1) is 11.3 Å². The number of anilines is 1. The Morgan fingerprint density at radius 2 is 1.92 bits per heavy atom. The summed E-state index contributed by atoms with van der Waals surface area (Å²) in [4.78, 5) is 28.7. The normalized spacial score (nSPS) is 13.6. The van der Waals surface area contributed by atoms with E-state index in [1.54, 1.807) is 11.3 Å². The van der Waals surface area contributed by atoms with Crippen LogP contribution in [0.15, 0.2) is 42.5 Å². The van der Waals surface area contributed by atoms with E-state index in [0.29, 0.717) is 23.7 Å². The number of fused-ring (bicyclic) bond motifs is 1. The molecule has 3 aromatic rings. The van der Waals surface area contributed by atoms with E-state index in [1.807, 2.05) is 49.4 Å². The quantitative estimate of drug-likeness (QED) is 0.724. The highest BCUT2D eigenvalue weighted by Gasteiger charge is 2.23. The van der Waals surface area contributed by atoms with E-state index in [2.05, 4.69) is 15.6 Å². The SMILES string of the molecule is Cc1nc2cc(C(=O)Nc3ccc(CC(=O)NC4CC4)cc3)ccc2s1. The number of aromatic nitrogens is 1. The van der Waals surface area contributed by atoms with E-state index < -0.39 is 0 Å². The Balaban J connectivity index is 1.40. The molecule has 0 atom stereocenters. The fourth-order valence-corrected chi connectivity index (χ4v) is 3.59. The van der Waals surface area contributed by atoms with Gasteiger partial charge < -0.3 is 10.6 Å². The first-order chi connectivity index (χ1) is 12.6. The Morgan fingerprint density at radius 3 is 2.65 bits per heavy atom. The van der Waals surface area contributed by atoms with Crippen molar-refractivity contribution in [1.29, 1.82) is 0 Å². The number of benzene rings is 2. The molecule has 1 saturated carbocycles. The molecule has 1 aromatic heterocycles. The van der Waals surface area contributed by atoms with Gasteiger partial charge in [0.2, 0.25) is 5.91 Å². The Kier molecular flexibility index (Phi) is 4.42. The zero-order chi connectivity index (χ0) is 18.1. The molecule has 2 aromatic carbocycles. The van der Waals surface area contributed by atoms with Crippen LogP contribution >= 0.6 is 11.3 Å². The van der Waals surface area contributed by atoms with Crippen molar-refractivity contribution in [3.63, 3.8) is 0 Å². The zero-order valence-corrected chi connectivity index (χ0v) is 15.2. The topological polar surface area (TPSA) is 71.1 Å². The molecule has 132 valence electrons. The Labute approximate surface area is 155 Å². The van der Waals surface area contributed by atoms with Crippen LogP contribution in [0.1, 0.15) is 33.8 Å². The number of carbonyl (C=O) groups excluding carboxylic acids is 2. The molecule has 0 aliphatic heterocycles. The van der Waals surface area contributed by atoms with Gasteiger partial charge in [-0.2, -0.15) is 0 Å². The van der Waals surface area contributed by atoms with E-state index in [1.165, 1.54) is 0 Å². The lowest BCUT2D eigenvalue weighted by molar-refractivity contribution is -0.120. The van der Waals surface area contributed by atoms with Crippen molar-refractivity contribution < 1.29 is 9.59 Å². The summed E-state index contributed by atoms with van der Waals surface area (Å²) in [5, 5.41) is 6.85. The summed E-state index contributed by atoms with van der Waals surface area (Å²) >= 11 is 1.61. The van der Waals surface area contributed by atoms with Crippen molar-refractivity contribution in [3.05, 3.63) is 58.6 Å². The molecule has 6 heteroatoms. The molecular formula is C20H19N3O2S. The number of hydrogen-bond donors (Lipinski definition) is 2. The molecule has 0 unspecified atom stereocenters. The first kappa shape index (κ1) is 16.7. The second-order valence-electron chi connectivity index (χ2n) is 6.58. The second-order valence-corrected chi connectivity index (χ2v) is 7.82. The molecule has 1 aliphatic carbocycles. The summed E-state index contributed by atoms with van der Waals surface area (Å²) in [5.41, 5.74) is 3.06. The molecular weight excluding hydrogens is 346 g/mol. The van der Waals surface area contributed by atoms with Gasteiger partial charge in [-0.3, -0.25) is 9.59 Å². The van der Waals surface area contributed by atoms with Crippen LogP contribution in [-0.2, 0) is 11.2 Å². The van der Waals surface area contributed by atoms with Gasteiger partial charge in [-0.25, -0.2) is 4.98 Å². The minimum Gasteiger partial charge on any atom is -0.353 e. The lowest BCUT2D eigenvalue weighted by atomic mass is 10.1. The molecule has 5 nitrogen and oxygen atoms in total. The van der Waals surface area contributed by atoms with Crippen LogP contribution in [0.2, 0.25) is 0 Å². The lowest BCUT2D eigenvalue weighted by Gasteiger charge is -2.07. The van der Waals surface area contributed by atoms with Gasteiger partial charge in [-0.05, 0) is 55.7 Å². The van der Waals surface area contributed by atoms with Crippen molar-refractivity contribution in [2.45, 2.75) is 32.2 Å². The number of rotatable bonds is 5. The Morgan fingerprint density at radius 1 is 1.15 bits per heavy atom. The van der Waals surface area contributed by atoms with Crippen LogP contribution in [-0.4, -0.2) is 22.8 Å². The molecule has 26 heavy (non-hydrogen) atoms. The zero-order valence-electron chi connectivity index (χ0n) is 14.4. The van der Waals surface area contributed by atoms with E-state index in [4.69, 9.17) is 0 Å². The van der Waals surface area contributed by atoms with Crippen LogP contribution in [0.4, 0.5) is 5.69 Å². The average Bonchev–Trinajstić information content (AvgIpc) is 3.33. The number of hydrogen-bond acceptors (Lipinski definition) is 4. The van der Waals surface area contributed by atoms with Gasteiger partial charge >= 0.3 is 0 Å². The molecule has 2 N–H and O–H groups in total. The minimum atomic E-state index is -0.170. The first-order valence-corrected chi connectivity index (χ1v) is 9.45. The summed E-state index contributed by atoms with van der Waals surface area (Å²) < 4.78 is 1.08. The number of carbonyl (C=O) groups is 2. The Bertz CT molecular complexity index is 974. The molecule has 2 amide bonds. The van der Waals surface area contributed by atoms with Crippen molar-refractivity contribution in [2.75, 3.05) is 5.32 Å². The third-order valence-electron chi connectivity index (χ3n) is 4.28. The smallest absolute Gasteiger partial charge is 0.255 e. The first-order valence-electron chi connectivity index (χ1n) is 8.64. The molecule has 1 heterocycles. The van der Waals surface area contributed by atoms with Crippen LogP contribution < -0.4 is 10.6 Å². The summed E-state index contributed by atoms with van der Waals surface area (Å²) in [6, 6.07) is 13.3. The average molecular weight is 365 g/mol. The highest BCUT2D eigenvalue weighted by atomic mass is 32.1. The van der Waals surface area contributed by atoms with Crippen molar-refractivity contribution >= 4 is 39.1 Å². The maximum absolute atomic E-state index is 12.5. The molecule has 1 aliphatic rings. The molecule has 0 radical (unpaired) electrons. The largest absolute Gasteiger partial charge is 0.353 e. The van der Waals surface area contributed by atoms with Crippen LogP contribution in [0.3, 0.4) is 0 Å². The minimum absolute atomic E-state index is 0.0520. The Hall–Kier alpha value is -2.73. The molecule has 0 bridgehead atoms. The fraction of sp³-hybridized carbons (Fsp3) is 0.250. The van der Waals surface area contributed by atoms with Crippen LogP contribution in [0.25, 0.3) is 10.2 Å². The molecule has 0 spiro atoms. The lowest BCUT2D eigenvalue weighted by Crippen LogP contribution is -2.26. The van der Waals surface area contributed by atoms with E-state index in [-0.39, 0.29) is 11.8 Å². The van der Waals surface area contributed by atoms with Gasteiger partial charge in [0.1, 0.15) is 0 Å². The summed E-state index contributed by atoms with van der Waals surface area (Å²) in [7, 11) is 0. The predicted octanol–water partition coefficient (Wildman–Crippen LogP) is 3.68. The number of amides is 2. The fourth-order valence-electron chi connectivity index (χ4n) is 2.78. The monoisotopic (exact) mass is 365 g/mol. The van der Waals surface area contributed by atoms with Crippen LogP contribution in [0, 0.1) is 6.92 Å². The second kappa shape index (κ2) is 6.88. The summed E-state index contributed by atoms with van der Waals surface area (Å²) in [6.07, 6.45) is 2.54. The van der Waals surface area contributed by atoms with E-state index >= 15 is 0 Å². The van der Waals surface area contributed by atoms with Gasteiger partial charge in [-0.1, -0.05) is 12.1 Å². The molecule has 4 rings (SSSR count). The van der Waals surface area contributed by atoms with Crippen molar-refractivity contribution in [3.8, 4) is 0 Å². The van der Waals surface area contributed by atoms with Crippen molar-refractivity contribution in [2.24, 2.45) is 0 Å². The summed E-state index contributed by atoms with van der Waals surface area (Å²) in [6.45, 7) is 1.96. The van der Waals surface area contributed by atoms with Gasteiger partial charge in [0.25, 0.3) is 5.91 Å². The maximum atomic E-state index is 12.5. The number of nitrogens with one attached hydrogen (secondary N) is 2. The molecule has 1 fully saturated rings. The highest BCUT2D eigenvalue weighted by Crippen LogP contribution is 2.23. The number of thiazole rings is 1. The van der Waals surface area contributed by atoms with E-state index in [9.17, 15) is 9.59 Å². The van der Waals surface area contributed by atoms with E-state index in [0.717, 1.165) is 33.6 Å². The van der Waals surface area contributed by atoms with Crippen molar-refractivity contribution in [1.82, 2.24) is 10.3 Å². The number of nitrogens with zero attached hydrogens (tertiary/aromatic N) is 1. The summed E-state index contributed by atoms with van der Waals surface area (Å²) in [5.74, 6) is -0.118. The van der Waals surface area contributed by atoms with Gasteiger partial charge in [0, 0.05) is 17.3 Å². The standard InChI is InChI=1S/C20H19N3O2S/c1-12-21-17-11-14(4-9-18(17)26-12)20(25)23-16-5-2-13(3-6-16)10-19(24)22-15-7-8-15/h2-6,9,11,15H,7-8,10H2,1H3,(H,22,24)(H,23,25). The molecule has 0 saturated heterocycles. The predicted molar refractivity (Wildman–Crippen MR) is 104 cm³/mol. The van der Waals surface area contributed by atoms with Gasteiger partial charge in [0.15, 0.2) is 0 Å².